The molecule has 112 valence electrons. The molecule has 0 aliphatic carbocycles. The van der Waals surface area contributed by atoms with E-state index in [1.54, 1.807) is 6.92 Å². The third kappa shape index (κ3) is 3.79. The summed E-state index contributed by atoms with van der Waals surface area (Å²) in [5.74, 6) is -5.51. The predicted octanol–water partition coefficient (Wildman–Crippen LogP) is 1.01. The van der Waals surface area contributed by atoms with Crippen LogP contribution < -0.4 is 0 Å². The van der Waals surface area contributed by atoms with E-state index in [0.29, 0.717) is 6.42 Å². The lowest BCUT2D eigenvalue weighted by Gasteiger charge is -2.31. The number of hydrogen-bond donors (Lipinski definition) is 1. The van der Waals surface area contributed by atoms with Crippen LogP contribution in [0.2, 0.25) is 0 Å². The minimum absolute atomic E-state index is 0.212. The molecule has 0 aromatic carbocycles. The van der Waals surface area contributed by atoms with Gasteiger partial charge in [-0.2, -0.15) is 0 Å². The first-order chi connectivity index (χ1) is 9.18. The van der Waals surface area contributed by atoms with E-state index in [0.717, 1.165) is 6.21 Å². The van der Waals surface area contributed by atoms with Gasteiger partial charge in [-0.1, -0.05) is 20.3 Å². The molecule has 0 aromatic heterocycles. The Kier molecular flexibility index (Phi) is 4.86. The summed E-state index contributed by atoms with van der Waals surface area (Å²) in [5.41, 5.74) is 0. The largest absolute Gasteiger partial charge is 0.480 e. The number of esters is 2. The van der Waals surface area contributed by atoms with Gasteiger partial charge in [-0.15, -0.1) is 0 Å². The van der Waals surface area contributed by atoms with E-state index in [-0.39, 0.29) is 5.92 Å². The highest BCUT2D eigenvalue weighted by atomic mass is 16.7. The minimum atomic E-state index is -1.31. The van der Waals surface area contributed by atoms with Crippen molar-refractivity contribution in [2.24, 2.45) is 16.8 Å². The summed E-state index contributed by atoms with van der Waals surface area (Å²) in [7, 11) is 0. The van der Waals surface area contributed by atoms with Crippen LogP contribution in [0.5, 0.6) is 0 Å². The quantitative estimate of drug-likeness (QED) is 0.459. The molecule has 0 bridgehead atoms. The fourth-order valence-electron chi connectivity index (χ4n) is 1.71. The molecule has 1 aliphatic rings. The number of carbonyl (C=O) groups excluding carboxylic acids is 2. The Balaban J connectivity index is 2.85. The maximum atomic E-state index is 11.7. The fraction of sp³-hybridized carbons (Fsp3) is 0.692. The Labute approximate surface area is 117 Å². The van der Waals surface area contributed by atoms with Crippen LogP contribution in [0.4, 0.5) is 0 Å². The van der Waals surface area contributed by atoms with Crippen LogP contribution >= 0.6 is 0 Å². The number of carboxylic acids is 1. The third-order valence-corrected chi connectivity index (χ3v) is 3.03. The number of aliphatic carboxylic acids is 1. The molecule has 7 nitrogen and oxygen atoms in total. The Morgan fingerprint density at radius 1 is 1.40 bits per heavy atom. The highest BCUT2D eigenvalue weighted by molar-refractivity contribution is 6.10. The molecule has 1 fully saturated rings. The molecule has 0 aromatic rings. The van der Waals surface area contributed by atoms with Crippen LogP contribution in [-0.2, 0) is 23.9 Å². The van der Waals surface area contributed by atoms with Crippen LogP contribution in [0.3, 0.4) is 0 Å². The van der Waals surface area contributed by atoms with Gasteiger partial charge < -0.3 is 14.6 Å². The lowest BCUT2D eigenvalue weighted by atomic mass is 9.99. The molecular weight excluding hydrogens is 266 g/mol. The number of cyclic esters (lactones) is 2. The normalized spacial score (nSPS) is 22.2. The maximum Gasteiger partial charge on any atom is 0.329 e. The number of carboxylic acid groups (broad SMARTS) is 1. The molecule has 1 saturated heterocycles. The van der Waals surface area contributed by atoms with Crippen molar-refractivity contribution in [3.8, 4) is 0 Å². The second-order valence-electron chi connectivity index (χ2n) is 5.19. The molecule has 0 amide bonds. The Morgan fingerprint density at radius 2 is 1.90 bits per heavy atom. The molecule has 0 saturated carbocycles. The standard InChI is InChI=1S/C13H19NO6/c1-5-7(2)9(10(15)16)14-6-8-11(17)19-13(3,4)20-12(8)18/h6-9H,5H2,1-4H3,(H,15,16)/t7-,9+/m0/s1. The average Bonchev–Trinajstić information content (AvgIpc) is 2.30. The lowest BCUT2D eigenvalue weighted by molar-refractivity contribution is -0.235. The van der Waals surface area contributed by atoms with E-state index in [1.807, 2.05) is 6.92 Å². The maximum absolute atomic E-state index is 11.7. The third-order valence-electron chi connectivity index (χ3n) is 3.03. The van der Waals surface area contributed by atoms with Crippen LogP contribution in [0.25, 0.3) is 0 Å². The number of rotatable bonds is 5. The minimum Gasteiger partial charge on any atom is -0.480 e. The van der Waals surface area contributed by atoms with Crippen LogP contribution in [0, 0.1) is 11.8 Å². The zero-order valence-corrected chi connectivity index (χ0v) is 12.0. The number of nitrogens with zero attached hydrogens (tertiary/aromatic N) is 1. The summed E-state index contributed by atoms with van der Waals surface area (Å²) in [6.45, 7) is 6.45. The molecule has 7 heteroatoms. The predicted molar refractivity (Wildman–Crippen MR) is 69.1 cm³/mol. The van der Waals surface area contributed by atoms with Crippen LogP contribution in [0.15, 0.2) is 4.99 Å². The average molecular weight is 285 g/mol. The summed E-state index contributed by atoms with van der Waals surface area (Å²) >= 11 is 0. The van der Waals surface area contributed by atoms with E-state index in [1.165, 1.54) is 13.8 Å². The van der Waals surface area contributed by atoms with Gasteiger partial charge in [0.2, 0.25) is 0 Å². The first kappa shape index (κ1) is 16.1. The monoisotopic (exact) mass is 285 g/mol. The van der Waals surface area contributed by atoms with E-state index in [4.69, 9.17) is 14.6 Å². The van der Waals surface area contributed by atoms with E-state index < -0.39 is 35.7 Å². The summed E-state index contributed by atoms with van der Waals surface area (Å²) in [4.78, 5) is 38.3. The molecule has 1 rings (SSSR count). The van der Waals surface area contributed by atoms with Crippen molar-refractivity contribution >= 4 is 24.1 Å². The number of ether oxygens (including phenoxy) is 2. The highest BCUT2D eigenvalue weighted by Crippen LogP contribution is 2.22. The molecule has 0 radical (unpaired) electrons. The molecule has 2 atom stereocenters. The number of hydrogen-bond acceptors (Lipinski definition) is 6. The summed E-state index contributed by atoms with van der Waals surface area (Å²) in [5, 5.41) is 9.07. The number of carbonyl (C=O) groups is 3. The SMILES string of the molecule is CC[C@H](C)[C@@H](N=CC1C(=O)OC(C)(C)OC1=O)C(=O)O. The zero-order chi connectivity index (χ0) is 15.5. The van der Waals surface area contributed by atoms with Gasteiger partial charge in [0.25, 0.3) is 5.79 Å². The van der Waals surface area contributed by atoms with Gasteiger partial charge in [-0.25, -0.2) is 4.79 Å². The van der Waals surface area contributed by atoms with Crippen molar-refractivity contribution in [3.05, 3.63) is 0 Å². The van der Waals surface area contributed by atoms with Gasteiger partial charge in [0.15, 0.2) is 5.92 Å². The Hall–Kier alpha value is -1.92. The second kappa shape index (κ2) is 6.02. The van der Waals surface area contributed by atoms with Crippen molar-refractivity contribution in [1.29, 1.82) is 0 Å². The molecule has 0 spiro atoms. The van der Waals surface area contributed by atoms with Gasteiger partial charge in [0.1, 0.15) is 6.04 Å². The molecule has 1 heterocycles. The molecule has 1 N–H and O–H groups in total. The van der Waals surface area contributed by atoms with Crippen molar-refractivity contribution in [3.63, 3.8) is 0 Å². The van der Waals surface area contributed by atoms with Crippen molar-refractivity contribution in [2.75, 3.05) is 0 Å². The van der Waals surface area contributed by atoms with E-state index in [2.05, 4.69) is 4.99 Å². The van der Waals surface area contributed by atoms with Crippen LogP contribution in [-0.4, -0.2) is 41.1 Å². The molecular formula is C13H19NO6. The highest BCUT2D eigenvalue weighted by Gasteiger charge is 2.42. The van der Waals surface area contributed by atoms with Crippen molar-refractivity contribution in [2.45, 2.75) is 45.9 Å². The summed E-state index contributed by atoms with van der Waals surface area (Å²) < 4.78 is 9.83. The van der Waals surface area contributed by atoms with Crippen molar-refractivity contribution in [1.82, 2.24) is 0 Å². The first-order valence-electron chi connectivity index (χ1n) is 6.39. The van der Waals surface area contributed by atoms with Gasteiger partial charge in [0, 0.05) is 20.1 Å². The fourth-order valence-corrected chi connectivity index (χ4v) is 1.71. The summed E-state index contributed by atoms with van der Waals surface area (Å²) in [6.07, 6.45) is 1.62. The Morgan fingerprint density at radius 3 is 2.30 bits per heavy atom. The van der Waals surface area contributed by atoms with E-state index in [9.17, 15) is 14.4 Å². The van der Waals surface area contributed by atoms with Crippen LogP contribution in [0.1, 0.15) is 34.1 Å². The smallest absolute Gasteiger partial charge is 0.329 e. The molecule has 0 unspecified atom stereocenters. The van der Waals surface area contributed by atoms with Crippen molar-refractivity contribution < 1.29 is 29.0 Å². The zero-order valence-electron chi connectivity index (χ0n) is 12.0. The summed E-state index contributed by atoms with van der Waals surface area (Å²) in [6, 6.07) is -1.00. The lowest BCUT2D eigenvalue weighted by Crippen LogP contribution is -2.47. The van der Waals surface area contributed by atoms with Gasteiger partial charge in [-0.05, 0) is 5.92 Å². The topological polar surface area (TPSA) is 102 Å². The van der Waals surface area contributed by atoms with Gasteiger partial charge >= 0.3 is 17.9 Å². The van der Waals surface area contributed by atoms with Gasteiger partial charge in [-0.3, -0.25) is 14.6 Å². The molecule has 1 aliphatic heterocycles. The Bertz CT molecular complexity index is 422. The first-order valence-corrected chi connectivity index (χ1v) is 6.39. The number of aliphatic imine (C=N–C) groups is 1. The van der Waals surface area contributed by atoms with Gasteiger partial charge in [0.05, 0.1) is 0 Å². The second-order valence-corrected chi connectivity index (χ2v) is 5.19. The van der Waals surface area contributed by atoms with E-state index >= 15 is 0 Å². The molecule has 20 heavy (non-hydrogen) atoms.